The summed E-state index contributed by atoms with van der Waals surface area (Å²) in [5, 5.41) is 12.1. The molecule has 0 radical (unpaired) electrons. The van der Waals surface area contributed by atoms with Gasteiger partial charge in [0, 0.05) is 23.1 Å². The Hall–Kier alpha value is -1.56. The van der Waals surface area contributed by atoms with Gasteiger partial charge in [-0.25, -0.2) is 0 Å². The Morgan fingerprint density at radius 3 is 2.65 bits per heavy atom. The van der Waals surface area contributed by atoms with Crippen LogP contribution in [0.4, 0.5) is 0 Å². The molecule has 0 spiro atoms. The topological polar surface area (TPSA) is 50.7 Å². The standard InChI is InChI=1S/C18H22BrNO3/c1-13-5-3-4-6-14(13)12-23-18-15(11-20-9-10-21)16(19)7-8-17(18)22-2/h3-8,20-21H,9-12H2,1-2H3. The van der Waals surface area contributed by atoms with Crippen LogP contribution in [-0.4, -0.2) is 25.4 Å². The number of rotatable bonds is 8. The van der Waals surface area contributed by atoms with E-state index >= 15 is 0 Å². The molecule has 0 amide bonds. The normalized spacial score (nSPS) is 10.6. The van der Waals surface area contributed by atoms with Gasteiger partial charge in [-0.3, -0.25) is 0 Å². The highest BCUT2D eigenvalue weighted by Gasteiger charge is 2.15. The van der Waals surface area contributed by atoms with Gasteiger partial charge in [0.25, 0.3) is 0 Å². The number of hydrogen-bond donors (Lipinski definition) is 2. The molecule has 0 aliphatic carbocycles. The molecule has 0 saturated heterocycles. The highest BCUT2D eigenvalue weighted by Crippen LogP contribution is 2.36. The maximum atomic E-state index is 8.94. The lowest BCUT2D eigenvalue weighted by atomic mass is 10.1. The molecule has 0 aliphatic rings. The Balaban J connectivity index is 2.23. The molecule has 2 aromatic carbocycles. The van der Waals surface area contributed by atoms with E-state index in [4.69, 9.17) is 14.6 Å². The third-order valence-corrected chi connectivity index (χ3v) is 4.35. The van der Waals surface area contributed by atoms with E-state index < -0.39 is 0 Å². The lowest BCUT2D eigenvalue weighted by molar-refractivity contribution is 0.276. The Morgan fingerprint density at radius 1 is 1.17 bits per heavy atom. The fourth-order valence-corrected chi connectivity index (χ4v) is 2.73. The largest absolute Gasteiger partial charge is 0.493 e. The van der Waals surface area contributed by atoms with Gasteiger partial charge in [0.15, 0.2) is 11.5 Å². The van der Waals surface area contributed by atoms with Crippen molar-refractivity contribution in [1.29, 1.82) is 0 Å². The average molecular weight is 380 g/mol. The van der Waals surface area contributed by atoms with E-state index in [0.29, 0.717) is 25.4 Å². The van der Waals surface area contributed by atoms with E-state index in [2.05, 4.69) is 40.3 Å². The third-order valence-electron chi connectivity index (χ3n) is 3.61. The van der Waals surface area contributed by atoms with Crippen LogP contribution in [0.15, 0.2) is 40.9 Å². The van der Waals surface area contributed by atoms with Crippen molar-refractivity contribution in [3.8, 4) is 11.5 Å². The molecule has 2 N–H and O–H groups in total. The van der Waals surface area contributed by atoms with Gasteiger partial charge in [0.1, 0.15) is 6.61 Å². The van der Waals surface area contributed by atoms with E-state index in [1.54, 1.807) is 7.11 Å². The summed E-state index contributed by atoms with van der Waals surface area (Å²) in [6, 6.07) is 12.0. The van der Waals surface area contributed by atoms with E-state index in [-0.39, 0.29) is 6.61 Å². The fraction of sp³-hybridized carbons (Fsp3) is 0.333. The molecule has 4 nitrogen and oxygen atoms in total. The average Bonchev–Trinajstić information content (AvgIpc) is 2.56. The minimum absolute atomic E-state index is 0.0982. The van der Waals surface area contributed by atoms with Gasteiger partial charge in [0.05, 0.1) is 13.7 Å². The summed E-state index contributed by atoms with van der Waals surface area (Å²) in [7, 11) is 1.63. The molecule has 0 unspecified atom stereocenters. The number of hydrogen-bond acceptors (Lipinski definition) is 4. The first-order chi connectivity index (χ1) is 11.2. The highest BCUT2D eigenvalue weighted by molar-refractivity contribution is 9.10. The molecule has 2 rings (SSSR count). The molecule has 0 aromatic heterocycles. The van der Waals surface area contributed by atoms with Gasteiger partial charge in [-0.2, -0.15) is 0 Å². The van der Waals surface area contributed by atoms with Gasteiger partial charge in [0.2, 0.25) is 0 Å². The summed E-state index contributed by atoms with van der Waals surface area (Å²) in [6.45, 7) is 3.76. The molecule has 0 saturated carbocycles. The molecular weight excluding hydrogens is 358 g/mol. The second-order valence-corrected chi connectivity index (χ2v) is 6.03. The SMILES string of the molecule is COc1ccc(Br)c(CNCCO)c1OCc1ccccc1C. The molecular formula is C18H22BrNO3. The molecule has 2 aromatic rings. The van der Waals surface area contributed by atoms with Crippen LogP contribution in [0.3, 0.4) is 0 Å². The van der Waals surface area contributed by atoms with E-state index in [0.717, 1.165) is 21.3 Å². The number of methoxy groups -OCH3 is 1. The minimum Gasteiger partial charge on any atom is -0.493 e. The molecule has 0 atom stereocenters. The van der Waals surface area contributed by atoms with Crippen LogP contribution in [0.25, 0.3) is 0 Å². The van der Waals surface area contributed by atoms with Crippen LogP contribution in [0.2, 0.25) is 0 Å². The zero-order valence-corrected chi connectivity index (χ0v) is 15.0. The first-order valence-corrected chi connectivity index (χ1v) is 8.31. The molecule has 0 heterocycles. The number of benzene rings is 2. The zero-order valence-electron chi connectivity index (χ0n) is 13.4. The number of nitrogens with one attached hydrogen (secondary N) is 1. The maximum absolute atomic E-state index is 8.94. The van der Waals surface area contributed by atoms with Crippen molar-refractivity contribution in [3.63, 3.8) is 0 Å². The number of ether oxygens (including phenoxy) is 2. The van der Waals surface area contributed by atoms with E-state index in [1.165, 1.54) is 5.56 Å². The summed E-state index contributed by atoms with van der Waals surface area (Å²) in [4.78, 5) is 0. The summed E-state index contributed by atoms with van der Waals surface area (Å²) in [5.41, 5.74) is 3.32. The first-order valence-electron chi connectivity index (χ1n) is 7.51. The summed E-state index contributed by atoms with van der Waals surface area (Å²) in [5.74, 6) is 1.41. The van der Waals surface area contributed by atoms with Gasteiger partial charge in [-0.1, -0.05) is 40.2 Å². The first kappa shape index (κ1) is 17.8. The predicted molar refractivity (Wildman–Crippen MR) is 95.0 cm³/mol. The van der Waals surface area contributed by atoms with Crippen molar-refractivity contribution in [2.24, 2.45) is 0 Å². The van der Waals surface area contributed by atoms with Gasteiger partial charge in [-0.15, -0.1) is 0 Å². The number of aliphatic hydroxyl groups is 1. The zero-order chi connectivity index (χ0) is 16.7. The molecule has 124 valence electrons. The van der Waals surface area contributed by atoms with Crippen molar-refractivity contribution in [3.05, 3.63) is 57.6 Å². The maximum Gasteiger partial charge on any atom is 0.167 e. The Labute approximate surface area is 145 Å². The second kappa shape index (κ2) is 8.91. The predicted octanol–water partition coefficient (Wildman–Crippen LogP) is 3.43. The third kappa shape index (κ3) is 4.70. The summed E-state index contributed by atoms with van der Waals surface area (Å²) >= 11 is 3.57. The van der Waals surface area contributed by atoms with E-state index in [1.807, 2.05) is 24.3 Å². The van der Waals surface area contributed by atoms with Crippen molar-refractivity contribution >= 4 is 15.9 Å². The number of aliphatic hydroxyl groups excluding tert-OH is 1. The number of aryl methyl sites for hydroxylation is 1. The van der Waals surface area contributed by atoms with Crippen LogP contribution < -0.4 is 14.8 Å². The molecule has 0 aliphatic heterocycles. The summed E-state index contributed by atoms with van der Waals surface area (Å²) < 4.78 is 12.5. The molecule has 0 fully saturated rings. The van der Waals surface area contributed by atoms with Crippen molar-refractivity contribution in [2.45, 2.75) is 20.1 Å². The van der Waals surface area contributed by atoms with Gasteiger partial charge in [-0.05, 0) is 30.2 Å². The lowest BCUT2D eigenvalue weighted by Gasteiger charge is -2.17. The summed E-state index contributed by atoms with van der Waals surface area (Å²) in [6.07, 6.45) is 0. The Bertz CT molecular complexity index is 646. The van der Waals surface area contributed by atoms with Crippen molar-refractivity contribution in [1.82, 2.24) is 5.32 Å². The smallest absolute Gasteiger partial charge is 0.167 e. The second-order valence-electron chi connectivity index (χ2n) is 5.17. The van der Waals surface area contributed by atoms with Crippen molar-refractivity contribution in [2.75, 3.05) is 20.3 Å². The Kier molecular flexibility index (Phi) is 6.89. The Morgan fingerprint density at radius 2 is 1.96 bits per heavy atom. The molecule has 23 heavy (non-hydrogen) atoms. The van der Waals surface area contributed by atoms with Crippen LogP contribution in [-0.2, 0) is 13.2 Å². The van der Waals surface area contributed by atoms with Crippen LogP contribution in [0.5, 0.6) is 11.5 Å². The van der Waals surface area contributed by atoms with Crippen molar-refractivity contribution < 1.29 is 14.6 Å². The minimum atomic E-state index is 0.0982. The highest BCUT2D eigenvalue weighted by atomic mass is 79.9. The van der Waals surface area contributed by atoms with Crippen LogP contribution >= 0.6 is 15.9 Å². The fourth-order valence-electron chi connectivity index (χ4n) is 2.28. The monoisotopic (exact) mass is 379 g/mol. The van der Waals surface area contributed by atoms with Crippen LogP contribution in [0.1, 0.15) is 16.7 Å². The van der Waals surface area contributed by atoms with Gasteiger partial charge >= 0.3 is 0 Å². The van der Waals surface area contributed by atoms with E-state index in [9.17, 15) is 0 Å². The quantitative estimate of drug-likeness (QED) is 0.689. The van der Waals surface area contributed by atoms with Gasteiger partial charge < -0.3 is 19.9 Å². The lowest BCUT2D eigenvalue weighted by Crippen LogP contribution is -2.18. The molecule has 5 heteroatoms. The number of halogens is 1. The molecule has 0 bridgehead atoms. The van der Waals surface area contributed by atoms with Crippen LogP contribution in [0, 0.1) is 6.92 Å².